The normalized spacial score (nSPS) is 27.3. The molecule has 0 radical (unpaired) electrons. The van der Waals surface area contributed by atoms with Gasteiger partial charge in [-0.15, -0.1) is 0 Å². The number of carbonyl (C=O) groups excluding carboxylic acids is 3. The number of rotatable bonds is 6. The van der Waals surface area contributed by atoms with Gasteiger partial charge in [-0.1, -0.05) is 41.9 Å². The van der Waals surface area contributed by atoms with Crippen LogP contribution >= 0.6 is 11.6 Å². The minimum Gasteiger partial charge on any atom is -0.481 e. The molecule has 2 fully saturated rings. The van der Waals surface area contributed by atoms with E-state index in [0.29, 0.717) is 22.7 Å². The summed E-state index contributed by atoms with van der Waals surface area (Å²) in [6.07, 6.45) is 0.420. The van der Waals surface area contributed by atoms with E-state index in [1.54, 1.807) is 12.1 Å². The Kier molecular flexibility index (Phi) is 5.45. The monoisotopic (exact) mass is 481 g/mol. The number of hydrogen-bond acceptors (Lipinski definition) is 5. The molecule has 8 nitrogen and oxygen atoms in total. The molecule has 2 aromatic rings. The minimum atomic E-state index is -1.48. The summed E-state index contributed by atoms with van der Waals surface area (Å²) in [5.74, 6) is -4.03. The van der Waals surface area contributed by atoms with Gasteiger partial charge in [0.15, 0.2) is 0 Å². The number of likely N-dealkylation sites (tertiary alicyclic amines) is 1. The number of anilines is 1. The van der Waals surface area contributed by atoms with Crippen LogP contribution in [0.5, 0.6) is 0 Å². The Morgan fingerprint density at radius 2 is 1.88 bits per heavy atom. The molecule has 9 heteroatoms. The summed E-state index contributed by atoms with van der Waals surface area (Å²) in [5, 5.41) is 15.8. The van der Waals surface area contributed by atoms with Crippen molar-refractivity contribution in [2.45, 2.75) is 37.8 Å². The first-order valence-corrected chi connectivity index (χ1v) is 11.6. The van der Waals surface area contributed by atoms with Crippen LogP contribution in [0.2, 0.25) is 5.02 Å². The second-order valence-corrected chi connectivity index (χ2v) is 9.59. The van der Waals surface area contributed by atoms with Gasteiger partial charge in [-0.2, -0.15) is 0 Å². The summed E-state index contributed by atoms with van der Waals surface area (Å²) in [4.78, 5) is 53.3. The zero-order chi connectivity index (χ0) is 24.2. The first kappa shape index (κ1) is 22.6. The number of carboxylic acid groups (broad SMARTS) is 1. The molecule has 0 bridgehead atoms. The highest BCUT2D eigenvalue weighted by Crippen LogP contribution is 2.54. The minimum absolute atomic E-state index is 0.117. The lowest BCUT2D eigenvalue weighted by Crippen LogP contribution is -2.53. The fourth-order valence-electron chi connectivity index (χ4n) is 5.73. The number of benzene rings is 2. The van der Waals surface area contributed by atoms with E-state index in [1.165, 1.54) is 4.90 Å². The van der Waals surface area contributed by atoms with Gasteiger partial charge in [-0.05, 0) is 43.0 Å². The van der Waals surface area contributed by atoms with E-state index in [0.717, 1.165) is 11.1 Å². The SMILES string of the molecule is Cc1cc(Cl)cc2c1NC(=O)C21NC(CCC(=O)O)[C@H]2C(=O)N(CCc3ccccc3)C(=O)[C@H]21. The van der Waals surface area contributed by atoms with Gasteiger partial charge in [0.2, 0.25) is 17.7 Å². The molecule has 2 saturated heterocycles. The zero-order valence-corrected chi connectivity index (χ0v) is 19.3. The number of carboxylic acids is 1. The molecular formula is C25H24ClN3O5. The first-order chi connectivity index (χ1) is 16.2. The number of amides is 3. The summed E-state index contributed by atoms with van der Waals surface area (Å²) in [6.45, 7) is 2.01. The van der Waals surface area contributed by atoms with Crippen molar-refractivity contribution >= 4 is 41.0 Å². The maximum absolute atomic E-state index is 13.7. The molecule has 4 atom stereocenters. The lowest BCUT2D eigenvalue weighted by Gasteiger charge is -2.29. The molecule has 5 rings (SSSR count). The second-order valence-electron chi connectivity index (χ2n) is 9.16. The Bertz CT molecular complexity index is 1220. The molecule has 3 amide bonds. The fourth-order valence-corrected chi connectivity index (χ4v) is 6.00. The topological polar surface area (TPSA) is 116 Å². The van der Waals surface area contributed by atoms with E-state index in [1.807, 2.05) is 37.3 Å². The van der Waals surface area contributed by atoms with Gasteiger partial charge >= 0.3 is 5.97 Å². The van der Waals surface area contributed by atoms with Crippen LogP contribution in [0.4, 0.5) is 5.69 Å². The quantitative estimate of drug-likeness (QED) is 0.546. The van der Waals surface area contributed by atoms with Crippen LogP contribution in [0.3, 0.4) is 0 Å². The third-order valence-corrected chi connectivity index (χ3v) is 7.43. The van der Waals surface area contributed by atoms with Crippen LogP contribution in [-0.2, 0) is 31.1 Å². The van der Waals surface area contributed by atoms with Crippen molar-refractivity contribution in [3.63, 3.8) is 0 Å². The fraction of sp³-hybridized carbons (Fsp3) is 0.360. The van der Waals surface area contributed by atoms with Gasteiger partial charge in [0.25, 0.3) is 0 Å². The van der Waals surface area contributed by atoms with Crippen molar-refractivity contribution in [1.82, 2.24) is 10.2 Å². The Balaban J connectivity index is 1.55. The standard InChI is InChI=1S/C25H24ClN3O5/c1-13-11-15(26)12-16-21(13)27-24(34)25(16)20-19(17(28-25)7-8-18(30)31)22(32)29(23(20)33)10-9-14-5-3-2-4-6-14/h2-6,11-12,17,19-20,28H,7-10H2,1H3,(H,27,34)(H,30,31)/t17?,19-,20+,25?/m1/s1. The number of aryl methyl sites for hydroxylation is 1. The average molecular weight is 482 g/mol. The number of halogens is 1. The zero-order valence-electron chi connectivity index (χ0n) is 18.5. The van der Waals surface area contributed by atoms with Gasteiger partial charge < -0.3 is 10.4 Å². The van der Waals surface area contributed by atoms with Crippen molar-refractivity contribution in [2.24, 2.45) is 11.8 Å². The van der Waals surface area contributed by atoms with Crippen LogP contribution in [0.25, 0.3) is 0 Å². The molecule has 1 spiro atoms. The van der Waals surface area contributed by atoms with Crippen molar-refractivity contribution in [3.8, 4) is 0 Å². The number of fused-ring (bicyclic) bond motifs is 4. The number of imide groups is 1. The summed E-state index contributed by atoms with van der Waals surface area (Å²) in [6, 6.07) is 12.3. The van der Waals surface area contributed by atoms with Crippen LogP contribution < -0.4 is 10.6 Å². The van der Waals surface area contributed by atoms with Crippen molar-refractivity contribution in [2.75, 3.05) is 11.9 Å². The molecule has 34 heavy (non-hydrogen) atoms. The number of aliphatic carboxylic acids is 1. The van der Waals surface area contributed by atoms with Crippen molar-refractivity contribution in [1.29, 1.82) is 0 Å². The lowest BCUT2D eigenvalue weighted by atomic mass is 9.76. The molecule has 2 unspecified atom stereocenters. The largest absolute Gasteiger partial charge is 0.481 e. The molecule has 176 valence electrons. The van der Waals surface area contributed by atoms with Gasteiger partial charge in [-0.25, -0.2) is 0 Å². The molecule has 3 aliphatic rings. The average Bonchev–Trinajstić information content (AvgIpc) is 3.37. The molecule has 3 N–H and O–H groups in total. The van der Waals surface area contributed by atoms with E-state index >= 15 is 0 Å². The molecule has 3 aliphatic heterocycles. The maximum atomic E-state index is 13.7. The number of carbonyl (C=O) groups is 4. The number of nitrogens with one attached hydrogen (secondary N) is 2. The van der Waals surface area contributed by atoms with Crippen molar-refractivity contribution < 1.29 is 24.3 Å². The van der Waals surface area contributed by atoms with E-state index in [4.69, 9.17) is 11.6 Å². The van der Waals surface area contributed by atoms with E-state index in [2.05, 4.69) is 10.6 Å². The molecule has 3 heterocycles. The lowest BCUT2D eigenvalue weighted by molar-refractivity contribution is -0.143. The van der Waals surface area contributed by atoms with E-state index < -0.39 is 41.2 Å². The predicted octanol–water partition coefficient (Wildman–Crippen LogP) is 2.48. The van der Waals surface area contributed by atoms with Crippen molar-refractivity contribution in [3.05, 3.63) is 64.2 Å². The summed E-state index contributed by atoms with van der Waals surface area (Å²) >= 11 is 6.32. The second kappa shape index (κ2) is 8.21. The molecule has 0 aliphatic carbocycles. The van der Waals surface area contributed by atoms with Crippen LogP contribution in [0, 0.1) is 18.8 Å². The third-order valence-electron chi connectivity index (χ3n) is 7.21. The van der Waals surface area contributed by atoms with Gasteiger partial charge in [0.1, 0.15) is 5.54 Å². The Labute approximate surface area is 201 Å². The summed E-state index contributed by atoms with van der Waals surface area (Å²) in [5.41, 5.74) is 1.36. The number of hydrogen-bond donors (Lipinski definition) is 3. The molecule has 2 aromatic carbocycles. The predicted molar refractivity (Wildman–Crippen MR) is 124 cm³/mol. The van der Waals surface area contributed by atoms with Crippen LogP contribution in [0.1, 0.15) is 29.5 Å². The highest BCUT2D eigenvalue weighted by molar-refractivity contribution is 6.31. The van der Waals surface area contributed by atoms with Gasteiger partial charge in [0, 0.05) is 35.3 Å². The van der Waals surface area contributed by atoms with Crippen LogP contribution in [-0.4, -0.2) is 46.3 Å². The van der Waals surface area contributed by atoms with E-state index in [-0.39, 0.29) is 25.3 Å². The van der Waals surface area contributed by atoms with Gasteiger partial charge in [0.05, 0.1) is 11.8 Å². The highest BCUT2D eigenvalue weighted by Gasteiger charge is 2.70. The van der Waals surface area contributed by atoms with Crippen LogP contribution in [0.15, 0.2) is 42.5 Å². The summed E-state index contributed by atoms with van der Waals surface area (Å²) in [7, 11) is 0. The smallest absolute Gasteiger partial charge is 0.303 e. The Morgan fingerprint density at radius 3 is 2.59 bits per heavy atom. The third kappa shape index (κ3) is 3.32. The Hall–Kier alpha value is -3.23. The van der Waals surface area contributed by atoms with E-state index in [9.17, 15) is 24.3 Å². The first-order valence-electron chi connectivity index (χ1n) is 11.2. The summed E-state index contributed by atoms with van der Waals surface area (Å²) < 4.78 is 0. The molecule has 0 aromatic heterocycles. The maximum Gasteiger partial charge on any atom is 0.303 e. The molecule has 0 saturated carbocycles. The Morgan fingerprint density at radius 1 is 1.15 bits per heavy atom. The molecular weight excluding hydrogens is 458 g/mol. The highest BCUT2D eigenvalue weighted by atomic mass is 35.5. The number of nitrogens with zero attached hydrogens (tertiary/aromatic N) is 1. The van der Waals surface area contributed by atoms with Gasteiger partial charge in [-0.3, -0.25) is 29.4 Å².